The van der Waals surface area contributed by atoms with Crippen molar-refractivity contribution in [2.24, 2.45) is 0 Å². The molecule has 1 saturated heterocycles. The van der Waals surface area contributed by atoms with Gasteiger partial charge in [-0.05, 0) is 67.3 Å². The van der Waals surface area contributed by atoms with Gasteiger partial charge in [-0.1, -0.05) is 19.1 Å². The van der Waals surface area contributed by atoms with Crippen molar-refractivity contribution >= 4 is 23.3 Å². The third-order valence-corrected chi connectivity index (χ3v) is 7.33. The summed E-state index contributed by atoms with van der Waals surface area (Å²) in [5.41, 5.74) is 1.59. The lowest BCUT2D eigenvalue weighted by atomic mass is 9.93. The number of aryl methyl sites for hydroxylation is 1. The molecule has 2 atom stereocenters. The number of fused-ring (bicyclic) bond motifs is 1. The molecule has 0 spiro atoms. The highest BCUT2D eigenvalue weighted by Crippen LogP contribution is 2.36. The summed E-state index contributed by atoms with van der Waals surface area (Å²) in [7, 11) is 1.64. The van der Waals surface area contributed by atoms with Gasteiger partial charge in [-0.15, -0.1) is 11.3 Å². The first kappa shape index (κ1) is 20.9. The molecule has 0 unspecified atom stereocenters. The van der Waals surface area contributed by atoms with Crippen LogP contribution in [0, 0.1) is 0 Å². The average Bonchev–Trinajstić information content (AvgIpc) is 3.31. The van der Waals surface area contributed by atoms with Crippen LogP contribution in [-0.4, -0.2) is 47.6 Å². The molecule has 0 aliphatic carbocycles. The van der Waals surface area contributed by atoms with Crippen molar-refractivity contribution in [2.75, 3.05) is 20.3 Å². The zero-order chi connectivity index (χ0) is 21.3. The van der Waals surface area contributed by atoms with Gasteiger partial charge in [0.15, 0.2) is 0 Å². The molecular formula is C23H29N3O3S. The van der Waals surface area contributed by atoms with Crippen molar-refractivity contribution in [3.63, 3.8) is 0 Å². The number of nitrogens with one attached hydrogen (secondary N) is 1. The second-order valence-electron chi connectivity index (χ2n) is 8.27. The van der Waals surface area contributed by atoms with Gasteiger partial charge >= 0.3 is 6.03 Å². The maximum atomic E-state index is 13.2. The van der Waals surface area contributed by atoms with Crippen LogP contribution in [0.2, 0.25) is 0 Å². The van der Waals surface area contributed by atoms with Gasteiger partial charge in [0.2, 0.25) is 0 Å². The molecule has 1 aromatic carbocycles. The van der Waals surface area contributed by atoms with E-state index in [1.54, 1.807) is 18.4 Å². The molecule has 1 N–H and O–H groups in total. The summed E-state index contributed by atoms with van der Waals surface area (Å²) in [6.07, 6.45) is 3.20. The third kappa shape index (κ3) is 3.84. The number of imide groups is 1. The molecule has 7 heteroatoms. The van der Waals surface area contributed by atoms with Crippen molar-refractivity contribution < 1.29 is 14.3 Å². The second-order valence-corrected chi connectivity index (χ2v) is 9.27. The monoisotopic (exact) mass is 427 g/mol. The largest absolute Gasteiger partial charge is 0.497 e. The molecule has 3 amide bonds. The molecule has 6 nitrogen and oxygen atoms in total. The van der Waals surface area contributed by atoms with Crippen LogP contribution in [0.15, 0.2) is 35.7 Å². The highest BCUT2D eigenvalue weighted by atomic mass is 32.1. The van der Waals surface area contributed by atoms with Gasteiger partial charge in [-0.3, -0.25) is 9.69 Å². The first-order valence-electron chi connectivity index (χ1n) is 10.5. The van der Waals surface area contributed by atoms with E-state index in [1.165, 1.54) is 15.3 Å². The van der Waals surface area contributed by atoms with Gasteiger partial charge in [0.05, 0.1) is 13.8 Å². The number of benzene rings is 1. The first-order chi connectivity index (χ1) is 14.4. The molecule has 2 aliphatic rings. The van der Waals surface area contributed by atoms with E-state index in [0.717, 1.165) is 30.7 Å². The van der Waals surface area contributed by atoms with Crippen molar-refractivity contribution in [3.8, 4) is 5.75 Å². The summed E-state index contributed by atoms with van der Waals surface area (Å²) in [5, 5.41) is 5.09. The summed E-state index contributed by atoms with van der Waals surface area (Å²) in [4.78, 5) is 31.0. The van der Waals surface area contributed by atoms with Gasteiger partial charge in [-0.2, -0.15) is 0 Å². The van der Waals surface area contributed by atoms with Gasteiger partial charge < -0.3 is 10.1 Å². The van der Waals surface area contributed by atoms with Crippen LogP contribution in [0.4, 0.5) is 4.79 Å². The van der Waals surface area contributed by atoms with Crippen LogP contribution in [0.5, 0.6) is 5.75 Å². The summed E-state index contributed by atoms with van der Waals surface area (Å²) in [6.45, 7) is 5.21. The van der Waals surface area contributed by atoms with E-state index in [0.29, 0.717) is 19.5 Å². The minimum absolute atomic E-state index is 0.132. The summed E-state index contributed by atoms with van der Waals surface area (Å²) in [5.74, 6) is 0.675. The lowest BCUT2D eigenvalue weighted by Crippen LogP contribution is -2.47. The van der Waals surface area contributed by atoms with E-state index in [4.69, 9.17) is 4.74 Å². The molecule has 160 valence electrons. The van der Waals surface area contributed by atoms with E-state index in [-0.39, 0.29) is 18.0 Å². The SMILES string of the molecule is CC[C@H]1c2ccsc2CCN1CN1C(=O)N[C@](C)(CCc2ccc(OC)cc2)C1=O. The Bertz CT molecular complexity index is 926. The Hall–Kier alpha value is -2.38. The van der Waals surface area contributed by atoms with Crippen molar-refractivity contribution in [3.05, 3.63) is 51.7 Å². The number of ether oxygens (including phenoxy) is 1. The van der Waals surface area contributed by atoms with Gasteiger partial charge in [-0.25, -0.2) is 9.69 Å². The predicted octanol–water partition coefficient (Wildman–Crippen LogP) is 3.97. The fourth-order valence-corrected chi connectivity index (χ4v) is 5.44. The molecule has 0 bridgehead atoms. The molecule has 0 radical (unpaired) electrons. The van der Waals surface area contributed by atoms with Crippen molar-refractivity contribution in [1.29, 1.82) is 0 Å². The normalized spacial score (nSPS) is 24.1. The second kappa shape index (κ2) is 8.40. The predicted molar refractivity (Wildman–Crippen MR) is 118 cm³/mol. The Balaban J connectivity index is 1.43. The van der Waals surface area contributed by atoms with E-state index in [1.807, 2.05) is 31.2 Å². The van der Waals surface area contributed by atoms with Crippen LogP contribution >= 0.6 is 11.3 Å². The minimum Gasteiger partial charge on any atom is -0.497 e. The first-order valence-corrected chi connectivity index (χ1v) is 11.4. The number of carbonyl (C=O) groups excluding carboxylic acids is 2. The van der Waals surface area contributed by atoms with E-state index < -0.39 is 5.54 Å². The maximum absolute atomic E-state index is 13.2. The number of hydrogen-bond acceptors (Lipinski definition) is 5. The van der Waals surface area contributed by atoms with E-state index in [2.05, 4.69) is 28.6 Å². The maximum Gasteiger partial charge on any atom is 0.326 e. The molecule has 3 heterocycles. The van der Waals surface area contributed by atoms with Gasteiger partial charge in [0.25, 0.3) is 5.91 Å². The number of urea groups is 1. The minimum atomic E-state index is -0.873. The molecule has 1 fully saturated rings. The molecule has 0 saturated carbocycles. The number of rotatable bonds is 7. The Morgan fingerprint density at radius 3 is 2.70 bits per heavy atom. The van der Waals surface area contributed by atoms with Gasteiger partial charge in [0, 0.05) is 17.5 Å². The molecule has 2 aliphatic heterocycles. The lowest BCUT2D eigenvalue weighted by molar-refractivity contribution is -0.132. The topological polar surface area (TPSA) is 61.9 Å². The average molecular weight is 428 g/mol. The number of nitrogens with zero attached hydrogens (tertiary/aromatic N) is 2. The van der Waals surface area contributed by atoms with E-state index in [9.17, 15) is 9.59 Å². The Labute approximate surface area is 181 Å². The standard InChI is InChI=1S/C23H29N3O3S/c1-4-19-18-11-14-30-20(18)10-13-25(19)15-26-21(27)23(2,24-22(26)28)12-9-16-5-7-17(29-3)8-6-16/h5-8,11,14,19H,4,9-10,12-13,15H2,1-3H3,(H,24,28)/t19-,23+/m0/s1. The Morgan fingerprint density at radius 1 is 1.23 bits per heavy atom. The molecule has 2 aromatic rings. The van der Waals surface area contributed by atoms with Crippen molar-refractivity contribution in [1.82, 2.24) is 15.1 Å². The fraction of sp³-hybridized carbons (Fsp3) is 0.478. The smallest absolute Gasteiger partial charge is 0.326 e. The Morgan fingerprint density at radius 2 is 2.00 bits per heavy atom. The lowest BCUT2D eigenvalue weighted by Gasteiger charge is -2.37. The quantitative estimate of drug-likeness (QED) is 0.680. The fourth-order valence-electron chi connectivity index (χ4n) is 4.51. The van der Waals surface area contributed by atoms with Crippen LogP contribution < -0.4 is 10.1 Å². The number of hydrogen-bond donors (Lipinski definition) is 1. The highest BCUT2D eigenvalue weighted by molar-refractivity contribution is 7.10. The van der Waals surface area contributed by atoms with Crippen LogP contribution in [-0.2, 0) is 17.6 Å². The van der Waals surface area contributed by atoms with Gasteiger partial charge in [0.1, 0.15) is 11.3 Å². The van der Waals surface area contributed by atoms with Crippen LogP contribution in [0.25, 0.3) is 0 Å². The third-order valence-electron chi connectivity index (χ3n) is 6.33. The number of carbonyl (C=O) groups is 2. The van der Waals surface area contributed by atoms with E-state index >= 15 is 0 Å². The van der Waals surface area contributed by atoms with Crippen LogP contribution in [0.3, 0.4) is 0 Å². The van der Waals surface area contributed by atoms with Crippen LogP contribution in [0.1, 0.15) is 48.7 Å². The highest BCUT2D eigenvalue weighted by Gasteiger charge is 2.48. The Kier molecular flexibility index (Phi) is 5.84. The summed E-state index contributed by atoms with van der Waals surface area (Å²) in [6, 6.07) is 9.98. The molecular weight excluding hydrogens is 398 g/mol. The summed E-state index contributed by atoms with van der Waals surface area (Å²) >= 11 is 1.80. The summed E-state index contributed by atoms with van der Waals surface area (Å²) < 4.78 is 5.20. The number of amides is 3. The molecule has 30 heavy (non-hydrogen) atoms. The molecule has 1 aromatic heterocycles. The number of thiophene rings is 1. The zero-order valence-corrected chi connectivity index (χ0v) is 18.6. The zero-order valence-electron chi connectivity index (χ0n) is 17.8. The van der Waals surface area contributed by atoms with Crippen molar-refractivity contribution in [2.45, 2.75) is 51.1 Å². The number of methoxy groups -OCH3 is 1. The molecule has 4 rings (SSSR count).